The standard InChI is InChI=1S/C15H14N2O2S/c1-19-11-4-5-13-10(9-11)6-8-17(13)15(18)12-3-2-7-16-14(12)20/h2-5,7,9H,6,8H2,1H3,(H,16,20). The van der Waals surface area contributed by atoms with Crippen LogP contribution < -0.4 is 9.64 Å². The number of carbonyl (C=O) groups excluding carboxylic acids is 1. The number of carbonyl (C=O) groups is 1. The number of pyridine rings is 1. The van der Waals surface area contributed by atoms with Crippen molar-refractivity contribution in [2.24, 2.45) is 0 Å². The molecule has 0 fully saturated rings. The van der Waals surface area contributed by atoms with Crippen LogP contribution in [0.2, 0.25) is 0 Å². The summed E-state index contributed by atoms with van der Waals surface area (Å²) in [6.45, 7) is 0.672. The molecule has 0 spiro atoms. The molecule has 0 radical (unpaired) electrons. The number of methoxy groups -OCH3 is 1. The Morgan fingerprint density at radius 1 is 1.40 bits per heavy atom. The highest BCUT2D eigenvalue weighted by atomic mass is 32.1. The third-order valence-electron chi connectivity index (χ3n) is 3.48. The normalized spacial score (nSPS) is 13.2. The highest BCUT2D eigenvalue weighted by Gasteiger charge is 2.26. The van der Waals surface area contributed by atoms with Gasteiger partial charge in [-0.3, -0.25) is 4.79 Å². The summed E-state index contributed by atoms with van der Waals surface area (Å²) in [6.07, 6.45) is 2.56. The predicted molar refractivity (Wildman–Crippen MR) is 80.0 cm³/mol. The SMILES string of the molecule is COc1ccc2c(c1)CCN2C(=O)c1ccc[nH]c1=S. The lowest BCUT2D eigenvalue weighted by molar-refractivity contribution is 0.0988. The van der Waals surface area contributed by atoms with Crippen LogP contribution in [0, 0.1) is 4.64 Å². The van der Waals surface area contributed by atoms with Gasteiger partial charge in [-0.05, 0) is 42.3 Å². The zero-order chi connectivity index (χ0) is 14.1. The second-order valence-electron chi connectivity index (χ2n) is 4.61. The van der Waals surface area contributed by atoms with E-state index in [1.54, 1.807) is 30.3 Å². The average molecular weight is 286 g/mol. The molecule has 102 valence electrons. The highest BCUT2D eigenvalue weighted by molar-refractivity contribution is 7.71. The minimum absolute atomic E-state index is 0.0595. The van der Waals surface area contributed by atoms with E-state index in [4.69, 9.17) is 17.0 Å². The van der Waals surface area contributed by atoms with Gasteiger partial charge in [-0.25, -0.2) is 0 Å². The Balaban J connectivity index is 1.97. The van der Waals surface area contributed by atoms with Crippen LogP contribution in [0.15, 0.2) is 36.5 Å². The first kappa shape index (κ1) is 12.9. The van der Waals surface area contributed by atoms with E-state index in [0.29, 0.717) is 16.7 Å². The van der Waals surface area contributed by atoms with Crippen molar-refractivity contribution in [1.82, 2.24) is 4.98 Å². The van der Waals surface area contributed by atoms with Crippen LogP contribution in [0.25, 0.3) is 0 Å². The molecule has 2 aromatic rings. The number of anilines is 1. The van der Waals surface area contributed by atoms with E-state index in [-0.39, 0.29) is 5.91 Å². The maximum Gasteiger partial charge on any atom is 0.261 e. The molecule has 4 nitrogen and oxygen atoms in total. The van der Waals surface area contributed by atoms with Crippen LogP contribution in [0.4, 0.5) is 5.69 Å². The second-order valence-corrected chi connectivity index (χ2v) is 5.02. The van der Waals surface area contributed by atoms with Crippen molar-refractivity contribution < 1.29 is 9.53 Å². The minimum Gasteiger partial charge on any atom is -0.497 e. The number of amides is 1. The van der Waals surface area contributed by atoms with Crippen molar-refractivity contribution in [2.75, 3.05) is 18.6 Å². The van der Waals surface area contributed by atoms with Gasteiger partial charge in [0, 0.05) is 18.4 Å². The summed E-state index contributed by atoms with van der Waals surface area (Å²) in [5.41, 5.74) is 2.60. The van der Waals surface area contributed by atoms with Gasteiger partial charge in [0.2, 0.25) is 0 Å². The van der Waals surface area contributed by atoms with Crippen LogP contribution >= 0.6 is 12.2 Å². The molecular weight excluding hydrogens is 272 g/mol. The molecule has 1 aliphatic rings. The predicted octanol–water partition coefficient (Wildman–Crippen LogP) is 2.96. The average Bonchev–Trinajstić information content (AvgIpc) is 2.90. The maximum absolute atomic E-state index is 12.6. The van der Waals surface area contributed by atoms with E-state index in [9.17, 15) is 4.79 Å². The van der Waals surface area contributed by atoms with Gasteiger partial charge in [0.25, 0.3) is 5.91 Å². The quantitative estimate of drug-likeness (QED) is 0.863. The lowest BCUT2D eigenvalue weighted by Gasteiger charge is -2.17. The summed E-state index contributed by atoms with van der Waals surface area (Å²) in [5.74, 6) is 0.755. The van der Waals surface area contributed by atoms with Crippen molar-refractivity contribution in [3.05, 3.63) is 52.3 Å². The first-order chi connectivity index (χ1) is 9.70. The topological polar surface area (TPSA) is 45.3 Å². The summed E-state index contributed by atoms with van der Waals surface area (Å²) >= 11 is 5.18. The number of ether oxygens (including phenoxy) is 1. The van der Waals surface area contributed by atoms with Crippen molar-refractivity contribution in [1.29, 1.82) is 0 Å². The van der Waals surface area contributed by atoms with Crippen LogP contribution in [-0.2, 0) is 6.42 Å². The Morgan fingerprint density at radius 3 is 3.00 bits per heavy atom. The van der Waals surface area contributed by atoms with Crippen molar-refractivity contribution in [2.45, 2.75) is 6.42 Å². The molecule has 0 bridgehead atoms. The molecule has 0 saturated carbocycles. The first-order valence-electron chi connectivity index (χ1n) is 6.37. The Hall–Kier alpha value is -2.14. The fraction of sp³-hybridized carbons (Fsp3) is 0.200. The molecule has 1 N–H and O–H groups in total. The van der Waals surface area contributed by atoms with Gasteiger partial charge in [-0.1, -0.05) is 12.2 Å². The number of nitrogens with one attached hydrogen (secondary N) is 1. The molecule has 1 aromatic carbocycles. The number of H-pyrrole nitrogens is 1. The smallest absolute Gasteiger partial charge is 0.261 e. The highest BCUT2D eigenvalue weighted by Crippen LogP contribution is 2.32. The van der Waals surface area contributed by atoms with Gasteiger partial charge in [-0.2, -0.15) is 0 Å². The van der Waals surface area contributed by atoms with Gasteiger partial charge in [0.15, 0.2) is 0 Å². The molecule has 2 heterocycles. The molecule has 5 heteroatoms. The van der Waals surface area contributed by atoms with Crippen LogP contribution in [0.5, 0.6) is 5.75 Å². The van der Waals surface area contributed by atoms with Gasteiger partial charge in [-0.15, -0.1) is 0 Å². The Morgan fingerprint density at radius 2 is 2.25 bits per heavy atom. The molecule has 0 atom stereocenters. The number of aromatic nitrogens is 1. The number of hydrogen-bond donors (Lipinski definition) is 1. The molecule has 1 amide bonds. The molecular formula is C15H14N2O2S. The van der Waals surface area contributed by atoms with Gasteiger partial charge < -0.3 is 14.6 Å². The summed E-state index contributed by atoms with van der Waals surface area (Å²) in [6, 6.07) is 9.32. The third kappa shape index (κ3) is 2.10. The lowest BCUT2D eigenvalue weighted by Crippen LogP contribution is -2.29. The van der Waals surface area contributed by atoms with E-state index in [1.807, 2.05) is 18.2 Å². The van der Waals surface area contributed by atoms with Crippen molar-refractivity contribution in [3.63, 3.8) is 0 Å². The number of rotatable bonds is 2. The number of nitrogens with zero attached hydrogens (tertiary/aromatic N) is 1. The summed E-state index contributed by atoms with van der Waals surface area (Å²) < 4.78 is 5.69. The lowest BCUT2D eigenvalue weighted by atomic mass is 10.1. The van der Waals surface area contributed by atoms with Crippen LogP contribution in [0.3, 0.4) is 0 Å². The molecule has 3 rings (SSSR count). The largest absolute Gasteiger partial charge is 0.497 e. The third-order valence-corrected chi connectivity index (χ3v) is 3.81. The molecule has 1 aromatic heterocycles. The zero-order valence-corrected chi connectivity index (χ0v) is 11.9. The number of hydrogen-bond acceptors (Lipinski definition) is 3. The van der Waals surface area contributed by atoms with E-state index in [2.05, 4.69) is 4.98 Å². The molecule has 0 aliphatic carbocycles. The second kappa shape index (κ2) is 5.09. The van der Waals surface area contributed by atoms with Crippen molar-refractivity contribution >= 4 is 23.8 Å². The van der Waals surface area contributed by atoms with Crippen molar-refractivity contribution in [3.8, 4) is 5.75 Å². The fourth-order valence-electron chi connectivity index (χ4n) is 2.45. The number of benzene rings is 1. The van der Waals surface area contributed by atoms with Gasteiger partial charge in [0.05, 0.1) is 12.7 Å². The van der Waals surface area contributed by atoms with E-state index < -0.39 is 0 Å². The van der Waals surface area contributed by atoms with Crippen LogP contribution in [-0.4, -0.2) is 24.5 Å². The van der Waals surface area contributed by atoms with Gasteiger partial charge in [0.1, 0.15) is 10.4 Å². The number of aromatic amines is 1. The zero-order valence-electron chi connectivity index (χ0n) is 11.1. The first-order valence-corrected chi connectivity index (χ1v) is 6.78. The minimum atomic E-state index is -0.0595. The van der Waals surface area contributed by atoms with E-state index in [0.717, 1.165) is 23.4 Å². The maximum atomic E-state index is 12.6. The molecule has 20 heavy (non-hydrogen) atoms. The number of fused-ring (bicyclic) bond motifs is 1. The summed E-state index contributed by atoms with van der Waals surface area (Å²) in [7, 11) is 1.64. The fourth-order valence-corrected chi connectivity index (χ4v) is 2.67. The van der Waals surface area contributed by atoms with Gasteiger partial charge >= 0.3 is 0 Å². The van der Waals surface area contributed by atoms with E-state index >= 15 is 0 Å². The Labute approximate surface area is 122 Å². The monoisotopic (exact) mass is 286 g/mol. The summed E-state index contributed by atoms with van der Waals surface area (Å²) in [5, 5.41) is 0. The molecule has 0 saturated heterocycles. The summed E-state index contributed by atoms with van der Waals surface area (Å²) in [4.78, 5) is 17.3. The Bertz CT molecular complexity index is 724. The molecule has 0 unspecified atom stereocenters. The Kier molecular flexibility index (Phi) is 3.28. The molecule has 1 aliphatic heterocycles. The van der Waals surface area contributed by atoms with E-state index in [1.165, 1.54) is 0 Å². The van der Waals surface area contributed by atoms with Crippen LogP contribution in [0.1, 0.15) is 15.9 Å².